The van der Waals surface area contributed by atoms with Crippen LogP contribution in [0.15, 0.2) is 30.6 Å². The van der Waals surface area contributed by atoms with Crippen LogP contribution in [0.1, 0.15) is 31.2 Å². The van der Waals surface area contributed by atoms with Gasteiger partial charge in [0.15, 0.2) is 5.60 Å². The normalized spacial score (nSPS) is 23.2. The van der Waals surface area contributed by atoms with Crippen LogP contribution in [-0.4, -0.2) is 70.4 Å². The lowest BCUT2D eigenvalue weighted by Gasteiger charge is -2.46. The van der Waals surface area contributed by atoms with Gasteiger partial charge in [-0.15, -0.1) is 0 Å². The highest BCUT2D eigenvalue weighted by Crippen LogP contribution is 2.50. The molecule has 2 aromatic rings. The fourth-order valence-electron chi connectivity index (χ4n) is 5.48. The van der Waals surface area contributed by atoms with Crippen molar-refractivity contribution in [2.24, 2.45) is 17.8 Å². The number of likely N-dealkylation sites (tertiary alicyclic amines) is 1. The Morgan fingerprint density at radius 2 is 1.87 bits per heavy atom. The third-order valence-electron chi connectivity index (χ3n) is 7.92. The number of halogens is 5. The molecule has 0 unspecified atom stereocenters. The molecule has 12 heteroatoms. The molecular formula is C26H29ClF4N4O3. The van der Waals surface area contributed by atoms with Crippen LogP contribution < -0.4 is 9.64 Å². The fraction of sp³-hybridized carbons (Fsp3) is 0.577. The van der Waals surface area contributed by atoms with E-state index in [2.05, 4.69) is 14.9 Å². The minimum atomic E-state index is -4.81. The van der Waals surface area contributed by atoms with Crippen LogP contribution in [0.25, 0.3) is 0 Å². The molecule has 3 aliphatic rings. The van der Waals surface area contributed by atoms with Crippen LogP contribution >= 0.6 is 11.6 Å². The van der Waals surface area contributed by atoms with E-state index in [-0.39, 0.29) is 12.0 Å². The zero-order valence-corrected chi connectivity index (χ0v) is 21.4. The number of hydrogen-bond acceptors (Lipinski definition) is 6. The average molecular weight is 557 g/mol. The van der Waals surface area contributed by atoms with Crippen LogP contribution in [0.2, 0.25) is 5.02 Å². The molecule has 7 nitrogen and oxygen atoms in total. The molecule has 5 rings (SSSR count). The number of aliphatic hydroxyl groups is 1. The van der Waals surface area contributed by atoms with Crippen molar-refractivity contribution in [3.05, 3.63) is 47.0 Å². The van der Waals surface area contributed by atoms with Crippen molar-refractivity contribution in [2.75, 3.05) is 37.7 Å². The second kappa shape index (κ2) is 10.5. The van der Waals surface area contributed by atoms with Gasteiger partial charge >= 0.3 is 6.18 Å². The Balaban J connectivity index is 1.01. The van der Waals surface area contributed by atoms with Crippen molar-refractivity contribution in [3.8, 4) is 5.75 Å². The minimum Gasteiger partial charge on any atom is -0.493 e. The maximum Gasteiger partial charge on any atom is 0.420 e. The molecule has 1 N–H and O–H groups in total. The predicted octanol–water partition coefficient (Wildman–Crippen LogP) is 4.27. The van der Waals surface area contributed by atoms with E-state index in [0.717, 1.165) is 37.3 Å². The van der Waals surface area contributed by atoms with Gasteiger partial charge in [-0.2, -0.15) is 13.2 Å². The van der Waals surface area contributed by atoms with Crippen molar-refractivity contribution in [1.82, 2.24) is 14.9 Å². The first-order valence-electron chi connectivity index (χ1n) is 12.7. The molecule has 0 spiro atoms. The molecule has 1 amide bonds. The highest BCUT2D eigenvalue weighted by atomic mass is 35.5. The van der Waals surface area contributed by atoms with Crippen molar-refractivity contribution >= 4 is 23.5 Å². The van der Waals surface area contributed by atoms with Crippen LogP contribution in [-0.2, 0) is 11.2 Å². The summed E-state index contributed by atoms with van der Waals surface area (Å²) in [5, 5.41) is 10.0. The van der Waals surface area contributed by atoms with Gasteiger partial charge in [0, 0.05) is 19.2 Å². The average Bonchev–Trinajstić information content (AvgIpc) is 3.63. The van der Waals surface area contributed by atoms with E-state index in [0.29, 0.717) is 41.1 Å². The summed E-state index contributed by atoms with van der Waals surface area (Å²) in [7, 11) is 0. The van der Waals surface area contributed by atoms with Crippen LogP contribution in [0.5, 0.6) is 5.75 Å². The van der Waals surface area contributed by atoms with E-state index >= 15 is 0 Å². The lowest BCUT2D eigenvalue weighted by molar-refractivity contribution is -0.297. The molecular weight excluding hydrogens is 528 g/mol. The zero-order valence-electron chi connectivity index (χ0n) is 20.6. The molecule has 38 heavy (non-hydrogen) atoms. The van der Waals surface area contributed by atoms with Crippen molar-refractivity contribution < 1.29 is 32.2 Å². The number of β-amino-alcohol motifs (C(OH)–C–C–N with tert-alkyl or cyclic N) is 1. The zero-order chi connectivity index (χ0) is 27.1. The number of ether oxygens (including phenoxy) is 1. The largest absolute Gasteiger partial charge is 0.493 e. The molecule has 1 aromatic heterocycles. The number of piperidine rings is 1. The SMILES string of the molecule is O=C(Cc1ccc(OCC[C@H]2C[C@H]2C2CCN(c3ncc(Cl)cn3)CC2)cc1F)N1CC(O)(C(F)(F)F)C1. The summed E-state index contributed by atoms with van der Waals surface area (Å²) in [4.78, 5) is 23.9. The summed E-state index contributed by atoms with van der Waals surface area (Å²) in [6, 6.07) is 4.17. The van der Waals surface area contributed by atoms with Gasteiger partial charge in [-0.1, -0.05) is 17.7 Å². The van der Waals surface area contributed by atoms with Crippen molar-refractivity contribution in [3.63, 3.8) is 0 Å². The third kappa shape index (κ3) is 5.83. The molecule has 2 atom stereocenters. The van der Waals surface area contributed by atoms with Gasteiger partial charge in [-0.3, -0.25) is 4.79 Å². The fourth-order valence-corrected chi connectivity index (χ4v) is 5.58. The van der Waals surface area contributed by atoms with Crippen LogP contribution in [0, 0.1) is 23.6 Å². The quantitative estimate of drug-likeness (QED) is 0.489. The standard InChI is InChI=1S/C26H29ClF4N4O3/c27-19-12-32-24(33-13-19)34-6-3-16(4-7-34)21-9-17(21)5-8-38-20-2-1-18(22(28)11-20)10-23(36)35-14-25(37,15-35)26(29,30)31/h1-2,11-13,16-17,21,37H,3-10,14-15H2/t17-,21-/m0/s1. The topological polar surface area (TPSA) is 78.8 Å². The number of rotatable bonds is 8. The molecule has 3 heterocycles. The van der Waals surface area contributed by atoms with Gasteiger partial charge in [0.2, 0.25) is 11.9 Å². The Labute approximate surface area is 222 Å². The highest BCUT2D eigenvalue weighted by Gasteiger charge is 2.62. The number of carbonyl (C=O) groups excluding carboxylic acids is 1. The second-order valence-electron chi connectivity index (χ2n) is 10.5. The molecule has 206 valence electrons. The summed E-state index contributed by atoms with van der Waals surface area (Å²) in [6.45, 7) is 0.620. The van der Waals surface area contributed by atoms with Crippen molar-refractivity contribution in [2.45, 2.75) is 43.9 Å². The van der Waals surface area contributed by atoms with Gasteiger partial charge in [0.25, 0.3) is 0 Å². The molecule has 3 fully saturated rings. The Bertz CT molecular complexity index is 1150. The number of aromatic nitrogens is 2. The van der Waals surface area contributed by atoms with E-state index < -0.39 is 36.6 Å². The lowest BCUT2D eigenvalue weighted by atomic mass is 9.90. The summed E-state index contributed by atoms with van der Waals surface area (Å²) < 4.78 is 58.5. The Hall–Kier alpha value is -2.66. The van der Waals surface area contributed by atoms with E-state index in [1.165, 1.54) is 18.6 Å². The molecule has 2 saturated heterocycles. The van der Waals surface area contributed by atoms with Gasteiger partial charge in [-0.05, 0) is 55.1 Å². The molecule has 1 saturated carbocycles. The number of amides is 1. The number of carbonyl (C=O) groups is 1. The smallest absolute Gasteiger partial charge is 0.420 e. The number of benzene rings is 1. The molecule has 2 aliphatic heterocycles. The third-order valence-corrected chi connectivity index (χ3v) is 8.12. The Morgan fingerprint density at radius 3 is 2.50 bits per heavy atom. The summed E-state index contributed by atoms with van der Waals surface area (Å²) in [5.41, 5.74) is -2.81. The second-order valence-corrected chi connectivity index (χ2v) is 11.0. The maximum absolute atomic E-state index is 14.5. The molecule has 0 radical (unpaired) electrons. The van der Waals surface area contributed by atoms with Crippen molar-refractivity contribution in [1.29, 1.82) is 0 Å². The summed E-state index contributed by atoms with van der Waals surface area (Å²) in [6.07, 6.45) is 2.26. The first kappa shape index (κ1) is 26.9. The number of alkyl halides is 3. The minimum absolute atomic E-state index is 0.0717. The Kier molecular flexibility index (Phi) is 7.43. The van der Waals surface area contributed by atoms with Gasteiger partial charge in [0.1, 0.15) is 11.6 Å². The summed E-state index contributed by atoms with van der Waals surface area (Å²) in [5.74, 6) is 1.67. The molecule has 1 aliphatic carbocycles. The summed E-state index contributed by atoms with van der Waals surface area (Å²) >= 11 is 5.87. The number of nitrogens with zero attached hydrogens (tertiary/aromatic N) is 4. The van der Waals surface area contributed by atoms with Gasteiger partial charge < -0.3 is 19.6 Å². The van der Waals surface area contributed by atoms with E-state index in [1.807, 2.05) is 0 Å². The number of hydrogen-bond donors (Lipinski definition) is 1. The predicted molar refractivity (Wildman–Crippen MR) is 131 cm³/mol. The lowest BCUT2D eigenvalue weighted by Crippen LogP contribution is -2.70. The first-order valence-corrected chi connectivity index (χ1v) is 13.1. The van der Waals surface area contributed by atoms with Gasteiger partial charge in [0.05, 0.1) is 43.5 Å². The monoisotopic (exact) mass is 556 g/mol. The number of anilines is 1. The van der Waals surface area contributed by atoms with Gasteiger partial charge in [-0.25, -0.2) is 14.4 Å². The highest BCUT2D eigenvalue weighted by molar-refractivity contribution is 6.30. The Morgan fingerprint density at radius 1 is 1.18 bits per heavy atom. The molecule has 1 aromatic carbocycles. The van der Waals surface area contributed by atoms with E-state index in [9.17, 15) is 27.5 Å². The first-order chi connectivity index (χ1) is 18.0. The van der Waals surface area contributed by atoms with E-state index in [4.69, 9.17) is 16.3 Å². The van der Waals surface area contributed by atoms with Crippen LogP contribution in [0.3, 0.4) is 0 Å². The van der Waals surface area contributed by atoms with Crippen LogP contribution in [0.4, 0.5) is 23.5 Å². The molecule has 0 bridgehead atoms. The van der Waals surface area contributed by atoms with E-state index in [1.54, 1.807) is 18.5 Å². The maximum atomic E-state index is 14.5.